The van der Waals surface area contributed by atoms with Gasteiger partial charge in [0.05, 0.1) is 16.5 Å². The van der Waals surface area contributed by atoms with Crippen molar-refractivity contribution in [2.75, 3.05) is 6.61 Å². The second kappa shape index (κ2) is 5.17. The first kappa shape index (κ1) is 12.1. The number of aromatic nitrogens is 1. The Hall–Kier alpha value is -1.02. The van der Waals surface area contributed by atoms with E-state index < -0.39 is 18.2 Å². The van der Waals surface area contributed by atoms with Gasteiger partial charge in [-0.15, -0.1) is 11.3 Å². The molecule has 2 atom stereocenters. The summed E-state index contributed by atoms with van der Waals surface area (Å²) in [4.78, 5) is 14.3. The van der Waals surface area contributed by atoms with E-state index in [0.717, 1.165) is 11.3 Å². The lowest BCUT2D eigenvalue weighted by atomic mass is 10.1. The summed E-state index contributed by atoms with van der Waals surface area (Å²) in [7, 11) is 0. The number of nitrogens with zero attached hydrogens (tertiary/aromatic N) is 1. The third-order valence-corrected chi connectivity index (χ3v) is 2.75. The van der Waals surface area contributed by atoms with E-state index in [1.165, 1.54) is 5.51 Å². The molecule has 6 nitrogen and oxygen atoms in total. The molecule has 0 aliphatic rings. The molecule has 0 radical (unpaired) electrons. The van der Waals surface area contributed by atoms with Crippen molar-refractivity contribution < 1.29 is 25.2 Å². The Balaban J connectivity index is 2.85. The standard InChI is InChI=1S/C8H11NO5S/c10-2-1-4(11)6(12)7-5(8(13)14)9-3-15-7/h3-4,6,10-12H,1-2H2,(H,13,14). The molecule has 0 aromatic carbocycles. The van der Waals surface area contributed by atoms with Gasteiger partial charge in [-0.1, -0.05) is 0 Å². The van der Waals surface area contributed by atoms with Gasteiger partial charge in [0.2, 0.25) is 0 Å². The first-order chi connectivity index (χ1) is 7.07. The molecule has 0 saturated heterocycles. The van der Waals surface area contributed by atoms with Crippen LogP contribution in [-0.2, 0) is 0 Å². The van der Waals surface area contributed by atoms with Crippen LogP contribution in [0.3, 0.4) is 0 Å². The number of aliphatic hydroxyl groups is 3. The van der Waals surface area contributed by atoms with Crippen LogP contribution in [0.2, 0.25) is 0 Å². The van der Waals surface area contributed by atoms with E-state index >= 15 is 0 Å². The van der Waals surface area contributed by atoms with Gasteiger partial charge >= 0.3 is 5.97 Å². The first-order valence-corrected chi connectivity index (χ1v) is 5.09. The van der Waals surface area contributed by atoms with Gasteiger partial charge < -0.3 is 20.4 Å². The van der Waals surface area contributed by atoms with Crippen molar-refractivity contribution in [3.05, 3.63) is 16.1 Å². The van der Waals surface area contributed by atoms with Crippen molar-refractivity contribution in [1.82, 2.24) is 4.98 Å². The molecule has 7 heteroatoms. The lowest BCUT2D eigenvalue weighted by Gasteiger charge is -2.15. The minimum atomic E-state index is -1.32. The van der Waals surface area contributed by atoms with Crippen LogP contribution in [0.1, 0.15) is 27.9 Å². The Kier molecular flexibility index (Phi) is 4.15. The third-order valence-electron chi connectivity index (χ3n) is 1.86. The fourth-order valence-corrected chi connectivity index (χ4v) is 1.91. The Morgan fingerprint density at radius 3 is 2.73 bits per heavy atom. The summed E-state index contributed by atoms with van der Waals surface area (Å²) in [6, 6.07) is 0. The summed E-state index contributed by atoms with van der Waals surface area (Å²) < 4.78 is 0. The number of hydrogen-bond donors (Lipinski definition) is 4. The molecule has 2 unspecified atom stereocenters. The minimum Gasteiger partial charge on any atom is -0.476 e. The van der Waals surface area contributed by atoms with E-state index in [0.29, 0.717) is 0 Å². The SMILES string of the molecule is O=C(O)c1ncsc1C(O)C(O)CCO. The van der Waals surface area contributed by atoms with Crippen LogP contribution in [0.25, 0.3) is 0 Å². The number of aromatic carboxylic acids is 1. The first-order valence-electron chi connectivity index (χ1n) is 4.21. The van der Waals surface area contributed by atoms with Gasteiger partial charge in [-0.2, -0.15) is 0 Å². The summed E-state index contributed by atoms with van der Waals surface area (Å²) in [5.41, 5.74) is 1.03. The quantitative estimate of drug-likeness (QED) is 0.551. The summed E-state index contributed by atoms with van der Waals surface area (Å²) in [6.45, 7) is -0.278. The number of aliphatic hydroxyl groups excluding tert-OH is 3. The summed E-state index contributed by atoms with van der Waals surface area (Å²) >= 11 is 0.957. The highest BCUT2D eigenvalue weighted by molar-refractivity contribution is 7.10. The maximum absolute atomic E-state index is 10.7. The second-order valence-electron chi connectivity index (χ2n) is 2.89. The van der Waals surface area contributed by atoms with Crippen molar-refractivity contribution in [3.63, 3.8) is 0 Å². The van der Waals surface area contributed by atoms with E-state index in [-0.39, 0.29) is 23.6 Å². The van der Waals surface area contributed by atoms with Crippen molar-refractivity contribution in [1.29, 1.82) is 0 Å². The Labute approximate surface area is 89.5 Å². The lowest BCUT2D eigenvalue weighted by molar-refractivity contribution is 0.00535. The molecule has 0 aliphatic carbocycles. The average Bonchev–Trinajstić information content (AvgIpc) is 2.65. The van der Waals surface area contributed by atoms with Gasteiger partial charge in [0.1, 0.15) is 6.10 Å². The van der Waals surface area contributed by atoms with Crippen molar-refractivity contribution in [2.45, 2.75) is 18.6 Å². The molecule has 4 N–H and O–H groups in total. The molecule has 1 heterocycles. The second-order valence-corrected chi connectivity index (χ2v) is 3.78. The third kappa shape index (κ3) is 2.72. The van der Waals surface area contributed by atoms with Crippen LogP contribution in [0.15, 0.2) is 5.51 Å². The number of rotatable bonds is 5. The predicted octanol–water partition coefficient (Wildman–Crippen LogP) is -0.382. The van der Waals surface area contributed by atoms with Crippen molar-refractivity contribution in [3.8, 4) is 0 Å². The van der Waals surface area contributed by atoms with E-state index in [4.69, 9.17) is 10.2 Å². The average molecular weight is 233 g/mol. The highest BCUT2D eigenvalue weighted by Gasteiger charge is 2.25. The van der Waals surface area contributed by atoms with E-state index in [1.54, 1.807) is 0 Å². The zero-order chi connectivity index (χ0) is 11.4. The van der Waals surface area contributed by atoms with Crippen LogP contribution in [0, 0.1) is 0 Å². The molecule has 0 spiro atoms. The maximum atomic E-state index is 10.7. The minimum absolute atomic E-state index is 0.0157. The van der Waals surface area contributed by atoms with E-state index in [2.05, 4.69) is 4.98 Å². The number of thiazole rings is 1. The molecule has 0 fully saturated rings. The Morgan fingerprint density at radius 2 is 2.20 bits per heavy atom. The molecule has 1 rings (SSSR count). The molecule has 84 valence electrons. The molecule has 0 amide bonds. The molecule has 0 bridgehead atoms. The highest BCUT2D eigenvalue weighted by atomic mass is 32.1. The van der Waals surface area contributed by atoms with E-state index in [1.807, 2.05) is 0 Å². The topological polar surface area (TPSA) is 111 Å². The van der Waals surface area contributed by atoms with Gasteiger partial charge in [-0.3, -0.25) is 0 Å². The van der Waals surface area contributed by atoms with Gasteiger partial charge in [-0.05, 0) is 6.42 Å². The van der Waals surface area contributed by atoms with Gasteiger partial charge in [0.25, 0.3) is 0 Å². The molecular formula is C8H11NO5S. The summed E-state index contributed by atoms with van der Waals surface area (Å²) in [5.74, 6) is -1.25. The number of carboxylic acid groups (broad SMARTS) is 1. The predicted molar refractivity (Wildman–Crippen MR) is 51.7 cm³/mol. The van der Waals surface area contributed by atoms with Crippen molar-refractivity contribution >= 4 is 17.3 Å². The number of hydrogen-bond acceptors (Lipinski definition) is 6. The maximum Gasteiger partial charge on any atom is 0.355 e. The monoisotopic (exact) mass is 233 g/mol. The van der Waals surface area contributed by atoms with Crippen LogP contribution in [0.5, 0.6) is 0 Å². The van der Waals surface area contributed by atoms with Gasteiger partial charge in [-0.25, -0.2) is 9.78 Å². The summed E-state index contributed by atoms with van der Waals surface area (Å²) in [6.07, 6.45) is -2.53. The normalized spacial score (nSPS) is 14.9. The van der Waals surface area contributed by atoms with E-state index in [9.17, 15) is 15.0 Å². The van der Waals surface area contributed by atoms with Gasteiger partial charge in [0.15, 0.2) is 5.69 Å². The van der Waals surface area contributed by atoms with Crippen LogP contribution < -0.4 is 0 Å². The fourth-order valence-electron chi connectivity index (χ4n) is 1.09. The van der Waals surface area contributed by atoms with Crippen LogP contribution in [-0.4, -0.2) is 44.1 Å². The lowest BCUT2D eigenvalue weighted by Crippen LogP contribution is -2.20. The molecular weight excluding hydrogens is 222 g/mol. The van der Waals surface area contributed by atoms with Crippen LogP contribution in [0.4, 0.5) is 0 Å². The van der Waals surface area contributed by atoms with Crippen molar-refractivity contribution in [2.24, 2.45) is 0 Å². The van der Waals surface area contributed by atoms with Gasteiger partial charge in [0, 0.05) is 6.61 Å². The Bertz CT molecular complexity index is 340. The largest absolute Gasteiger partial charge is 0.476 e. The molecule has 1 aromatic rings. The Morgan fingerprint density at radius 1 is 1.53 bits per heavy atom. The smallest absolute Gasteiger partial charge is 0.355 e. The molecule has 1 aromatic heterocycles. The van der Waals surface area contributed by atoms with Crippen LogP contribution >= 0.6 is 11.3 Å². The molecule has 0 saturated carbocycles. The fraction of sp³-hybridized carbons (Fsp3) is 0.500. The zero-order valence-corrected chi connectivity index (χ0v) is 8.52. The summed E-state index contributed by atoms with van der Waals surface area (Å²) in [5, 5.41) is 36.2. The zero-order valence-electron chi connectivity index (χ0n) is 7.70. The molecule has 0 aliphatic heterocycles. The number of carboxylic acids is 1. The highest BCUT2D eigenvalue weighted by Crippen LogP contribution is 2.26. The molecule has 15 heavy (non-hydrogen) atoms. The number of carbonyl (C=O) groups is 1.